The number of methoxy groups -OCH3 is 1. The fraction of sp³-hybridized carbons (Fsp3) is 0.389. The van der Waals surface area contributed by atoms with Gasteiger partial charge < -0.3 is 28.8 Å². The van der Waals surface area contributed by atoms with Crippen molar-refractivity contribution in [1.82, 2.24) is 19.8 Å². The van der Waals surface area contributed by atoms with E-state index in [1.54, 1.807) is 36.9 Å². The van der Waals surface area contributed by atoms with Crippen LogP contribution < -0.4 is 25.0 Å². The third-order valence-corrected chi connectivity index (χ3v) is 9.90. The van der Waals surface area contributed by atoms with Gasteiger partial charge in [-0.1, -0.05) is 6.08 Å². The fourth-order valence-electron chi connectivity index (χ4n) is 7.33. The smallest absolute Gasteiger partial charge is 0.329 e. The van der Waals surface area contributed by atoms with E-state index in [-0.39, 0.29) is 18.4 Å². The number of hydrogen-bond donors (Lipinski definition) is 1. The third kappa shape index (κ3) is 5.48. The van der Waals surface area contributed by atoms with Gasteiger partial charge in [-0.3, -0.25) is 19.5 Å². The summed E-state index contributed by atoms with van der Waals surface area (Å²) in [5, 5.41) is 3.89. The van der Waals surface area contributed by atoms with Crippen LogP contribution in [0.25, 0.3) is 21.8 Å². The number of aryl methyl sites for hydroxylation is 1. The van der Waals surface area contributed by atoms with E-state index in [1.165, 1.54) is 6.20 Å². The summed E-state index contributed by atoms with van der Waals surface area (Å²) >= 11 is 0. The maximum atomic E-state index is 13.8. The number of hydrogen-bond acceptors (Lipinski definition) is 9. The molecule has 6 atom stereocenters. The summed E-state index contributed by atoms with van der Waals surface area (Å²) in [5.41, 5.74) is 1.68. The number of rotatable bonds is 9. The van der Waals surface area contributed by atoms with Crippen molar-refractivity contribution in [2.24, 2.45) is 11.8 Å². The number of carbonyl (C=O) groups is 2. The molecule has 1 unspecified atom stereocenters. The van der Waals surface area contributed by atoms with Gasteiger partial charge in [0.1, 0.15) is 23.5 Å². The molecule has 2 aromatic carbocycles. The van der Waals surface area contributed by atoms with Gasteiger partial charge in [-0.2, -0.15) is 0 Å². The molecule has 47 heavy (non-hydrogen) atoms. The summed E-state index contributed by atoms with van der Waals surface area (Å²) in [6, 6.07) is 9.79. The molecule has 0 radical (unpaired) electrons. The lowest BCUT2D eigenvalue weighted by atomic mass is 9.73. The highest BCUT2D eigenvalue weighted by Crippen LogP contribution is 2.44. The van der Waals surface area contributed by atoms with Crippen LogP contribution in [-0.2, 0) is 16.1 Å². The highest BCUT2D eigenvalue weighted by Gasteiger charge is 2.44. The normalized spacial score (nSPS) is 22.5. The lowest BCUT2D eigenvalue weighted by molar-refractivity contribution is -0.159. The second-order valence-electron chi connectivity index (χ2n) is 12.5. The van der Waals surface area contributed by atoms with Crippen LogP contribution in [-0.4, -0.2) is 65.4 Å². The number of piperidine rings is 3. The first kappa shape index (κ1) is 30.7. The first-order chi connectivity index (χ1) is 22.8. The minimum absolute atomic E-state index is 0.0663. The number of nitrogens with zero attached hydrogens (tertiary/aromatic N) is 3. The Kier molecular flexibility index (Phi) is 8.09. The quantitative estimate of drug-likeness (QED) is 0.207. The van der Waals surface area contributed by atoms with Crippen LogP contribution >= 0.6 is 0 Å². The Bertz CT molecular complexity index is 1960. The lowest BCUT2D eigenvalue weighted by Gasteiger charge is -2.51. The van der Waals surface area contributed by atoms with E-state index in [1.807, 2.05) is 37.3 Å². The molecule has 244 valence electrons. The Morgan fingerprint density at radius 3 is 2.70 bits per heavy atom. The summed E-state index contributed by atoms with van der Waals surface area (Å²) < 4.78 is 24.6. The average molecular weight is 639 g/mol. The molecule has 4 aliphatic heterocycles. The topological polar surface area (TPSA) is 121 Å². The lowest BCUT2D eigenvalue weighted by Crippen LogP contribution is -2.55. The predicted molar refractivity (Wildman–Crippen MR) is 176 cm³/mol. The molecule has 3 saturated heterocycles. The van der Waals surface area contributed by atoms with Crippen LogP contribution in [0.2, 0.25) is 0 Å². The molecule has 2 aromatic heterocycles. The first-order valence-corrected chi connectivity index (χ1v) is 16.1. The number of aromatic nitrogens is 2. The standard InChI is InChI=1S/C36H38N4O7/c1-5-21-17-40-12-10-22(21)13-30(40)34(24-9-11-37-28-8-7-23(44-4)14-25(24)28)47-36(43)20(3)38-35(42)27-18-39(6-2)29-16-32-31(45-19-46-32)15-26(29)33(27)41/h5,7-9,11,14-16,18,20-22,30,34H,1,6,10,12-13,17,19H2,2-4H3,(H,38,42)/t20-,21-,22-,30-,34+/m0/s1. The van der Waals surface area contributed by atoms with Gasteiger partial charge in [0.2, 0.25) is 12.2 Å². The number of carbonyl (C=O) groups excluding carboxylic acids is 2. The summed E-state index contributed by atoms with van der Waals surface area (Å²) in [6.07, 6.45) is 6.55. The van der Waals surface area contributed by atoms with Gasteiger partial charge >= 0.3 is 5.97 Å². The SMILES string of the molecule is C=C[C@H]1CN2CC[C@H]1C[C@H]2[C@H](OC(=O)[C@H](C)NC(=O)c1cn(CC)c2cc3c(cc2c1=O)OCO3)c1ccnc2ccc(OC)cc12. The van der Waals surface area contributed by atoms with Gasteiger partial charge in [-0.25, -0.2) is 4.79 Å². The van der Waals surface area contributed by atoms with Crippen LogP contribution in [0.4, 0.5) is 0 Å². The molecule has 0 spiro atoms. The second kappa shape index (κ2) is 12.4. The number of esters is 1. The minimum atomic E-state index is -1.04. The Morgan fingerprint density at radius 2 is 1.98 bits per heavy atom. The number of nitrogens with one attached hydrogen (secondary N) is 1. The first-order valence-electron chi connectivity index (χ1n) is 16.1. The Morgan fingerprint density at radius 1 is 1.17 bits per heavy atom. The Labute approximate surface area is 272 Å². The van der Waals surface area contributed by atoms with Crippen molar-refractivity contribution in [2.45, 2.75) is 51.4 Å². The summed E-state index contributed by atoms with van der Waals surface area (Å²) in [7, 11) is 1.61. The number of benzene rings is 2. The number of amides is 1. The zero-order chi connectivity index (χ0) is 32.8. The van der Waals surface area contributed by atoms with Gasteiger partial charge in [-0.15, -0.1) is 6.58 Å². The zero-order valence-corrected chi connectivity index (χ0v) is 26.7. The molecule has 0 aliphatic carbocycles. The van der Waals surface area contributed by atoms with Gasteiger partial charge in [0, 0.05) is 42.5 Å². The molecule has 2 bridgehead atoms. The van der Waals surface area contributed by atoms with Crippen LogP contribution in [0, 0.1) is 11.8 Å². The van der Waals surface area contributed by atoms with Crippen LogP contribution in [0.1, 0.15) is 48.7 Å². The zero-order valence-electron chi connectivity index (χ0n) is 26.7. The van der Waals surface area contributed by atoms with E-state index in [2.05, 4.69) is 21.8 Å². The Balaban J connectivity index is 1.18. The van der Waals surface area contributed by atoms with E-state index >= 15 is 0 Å². The molecule has 0 saturated carbocycles. The second-order valence-corrected chi connectivity index (χ2v) is 12.5. The maximum absolute atomic E-state index is 13.8. The molecular weight excluding hydrogens is 600 g/mol. The summed E-state index contributed by atoms with van der Waals surface area (Å²) in [4.78, 5) is 47.9. The fourth-order valence-corrected chi connectivity index (χ4v) is 7.33. The van der Waals surface area contributed by atoms with Crippen LogP contribution in [0.5, 0.6) is 17.2 Å². The van der Waals surface area contributed by atoms with E-state index in [0.717, 1.165) is 42.4 Å². The van der Waals surface area contributed by atoms with Gasteiger partial charge in [-0.05, 0) is 75.4 Å². The highest BCUT2D eigenvalue weighted by molar-refractivity contribution is 5.99. The highest BCUT2D eigenvalue weighted by atomic mass is 16.7. The van der Waals surface area contributed by atoms with Crippen molar-refractivity contribution >= 4 is 33.7 Å². The molecule has 4 aromatic rings. The van der Waals surface area contributed by atoms with Gasteiger partial charge in [0.25, 0.3) is 5.91 Å². The van der Waals surface area contributed by atoms with Crippen LogP contribution in [0.15, 0.2) is 66.2 Å². The molecule has 3 fully saturated rings. The molecule has 8 rings (SSSR count). The minimum Gasteiger partial charge on any atom is -0.497 e. The van der Waals surface area contributed by atoms with Crippen molar-refractivity contribution in [3.63, 3.8) is 0 Å². The molecule has 1 amide bonds. The van der Waals surface area contributed by atoms with Crippen molar-refractivity contribution in [1.29, 1.82) is 0 Å². The van der Waals surface area contributed by atoms with Gasteiger partial charge in [0.05, 0.1) is 29.6 Å². The van der Waals surface area contributed by atoms with E-state index in [9.17, 15) is 14.4 Å². The van der Waals surface area contributed by atoms with Crippen molar-refractivity contribution in [3.8, 4) is 17.2 Å². The van der Waals surface area contributed by atoms with Crippen molar-refractivity contribution < 1.29 is 28.5 Å². The molecule has 11 nitrogen and oxygen atoms in total. The molecule has 11 heteroatoms. The van der Waals surface area contributed by atoms with Crippen molar-refractivity contribution in [3.05, 3.63) is 82.8 Å². The molecule has 6 heterocycles. The number of ether oxygens (including phenoxy) is 4. The predicted octanol–water partition coefficient (Wildman–Crippen LogP) is 4.61. The number of pyridine rings is 2. The van der Waals surface area contributed by atoms with Gasteiger partial charge in [0.15, 0.2) is 11.5 Å². The monoisotopic (exact) mass is 638 g/mol. The van der Waals surface area contributed by atoms with E-state index in [0.29, 0.717) is 46.5 Å². The summed E-state index contributed by atoms with van der Waals surface area (Å²) in [6.45, 7) is 9.86. The molecule has 4 aliphatic rings. The average Bonchev–Trinajstić information content (AvgIpc) is 3.57. The molecule has 1 N–H and O–H groups in total. The number of fused-ring (bicyclic) bond motifs is 6. The van der Waals surface area contributed by atoms with Crippen molar-refractivity contribution in [2.75, 3.05) is 27.0 Å². The largest absolute Gasteiger partial charge is 0.497 e. The Hall–Kier alpha value is -4.90. The van der Waals surface area contributed by atoms with E-state index < -0.39 is 29.5 Å². The molecular formula is C36H38N4O7. The third-order valence-electron chi connectivity index (χ3n) is 9.90. The van der Waals surface area contributed by atoms with Crippen LogP contribution in [0.3, 0.4) is 0 Å². The maximum Gasteiger partial charge on any atom is 0.329 e. The van der Waals surface area contributed by atoms with E-state index in [4.69, 9.17) is 18.9 Å². The summed E-state index contributed by atoms with van der Waals surface area (Å²) in [5.74, 6) is 1.24.